The van der Waals surface area contributed by atoms with E-state index < -0.39 is 11.9 Å². The van der Waals surface area contributed by atoms with E-state index in [1.165, 1.54) is 17.3 Å². The summed E-state index contributed by atoms with van der Waals surface area (Å²) in [5.41, 5.74) is 7.18. The van der Waals surface area contributed by atoms with Crippen molar-refractivity contribution in [3.05, 3.63) is 29.8 Å². The van der Waals surface area contributed by atoms with Crippen molar-refractivity contribution in [2.24, 2.45) is 12.8 Å². The molecule has 0 fully saturated rings. The highest BCUT2D eigenvalue weighted by molar-refractivity contribution is 7.99. The SMILES string of the molecule is Cn1c(SCC(=O)NC(N)=O)nnc1-c1ccc(C(C)(C)C)cc1. The molecule has 3 N–H and O–H groups in total. The molecule has 0 aliphatic heterocycles. The number of primary amides is 1. The Bertz CT molecular complexity index is 747. The van der Waals surface area contributed by atoms with Gasteiger partial charge in [-0.3, -0.25) is 10.1 Å². The van der Waals surface area contributed by atoms with Gasteiger partial charge in [0.2, 0.25) is 5.91 Å². The second kappa shape index (κ2) is 7.04. The molecule has 0 bridgehead atoms. The summed E-state index contributed by atoms with van der Waals surface area (Å²) in [4.78, 5) is 22.1. The van der Waals surface area contributed by atoms with Crippen LogP contribution in [0.3, 0.4) is 0 Å². The van der Waals surface area contributed by atoms with Gasteiger partial charge in [0.15, 0.2) is 11.0 Å². The Kier molecular flexibility index (Phi) is 5.28. The van der Waals surface area contributed by atoms with Gasteiger partial charge in [-0.15, -0.1) is 10.2 Å². The molecule has 2 aromatic rings. The van der Waals surface area contributed by atoms with E-state index in [0.29, 0.717) is 11.0 Å². The lowest BCUT2D eigenvalue weighted by molar-refractivity contribution is -0.117. The first-order chi connectivity index (χ1) is 11.2. The Morgan fingerprint density at radius 1 is 1.21 bits per heavy atom. The predicted molar refractivity (Wildman–Crippen MR) is 93.6 cm³/mol. The van der Waals surface area contributed by atoms with Crippen LogP contribution in [-0.4, -0.2) is 32.5 Å². The molecule has 0 unspecified atom stereocenters. The van der Waals surface area contributed by atoms with Crippen LogP contribution in [0.15, 0.2) is 29.4 Å². The maximum atomic E-state index is 11.5. The lowest BCUT2D eigenvalue weighted by Crippen LogP contribution is -2.36. The third-order valence-electron chi connectivity index (χ3n) is 3.44. The summed E-state index contributed by atoms with van der Waals surface area (Å²) in [6, 6.07) is 7.32. The molecular weight excluding hydrogens is 326 g/mol. The van der Waals surface area contributed by atoms with Gasteiger partial charge in [-0.05, 0) is 11.0 Å². The summed E-state index contributed by atoms with van der Waals surface area (Å²) in [7, 11) is 1.83. The zero-order valence-electron chi connectivity index (χ0n) is 14.2. The Morgan fingerprint density at radius 3 is 2.38 bits per heavy atom. The van der Waals surface area contributed by atoms with Crippen molar-refractivity contribution in [2.75, 3.05) is 5.75 Å². The molecule has 1 heterocycles. The number of benzene rings is 1. The normalized spacial score (nSPS) is 11.3. The molecule has 0 aliphatic rings. The third-order valence-corrected chi connectivity index (χ3v) is 4.46. The molecule has 0 saturated heterocycles. The number of nitrogens with zero attached hydrogens (tertiary/aromatic N) is 3. The number of imide groups is 1. The minimum Gasteiger partial charge on any atom is -0.351 e. The largest absolute Gasteiger partial charge is 0.351 e. The number of carbonyl (C=O) groups excluding carboxylic acids is 2. The van der Waals surface area contributed by atoms with Crippen molar-refractivity contribution in [3.8, 4) is 11.4 Å². The standard InChI is InChI=1S/C16H21N5O2S/c1-16(2,3)11-7-5-10(6-8-11)13-19-20-15(21(13)4)24-9-12(22)18-14(17)23/h5-8H,9H2,1-4H3,(H3,17,18,22,23). The third kappa shape index (κ3) is 4.35. The minimum atomic E-state index is -0.863. The molecule has 8 heteroatoms. The summed E-state index contributed by atoms with van der Waals surface area (Å²) < 4.78 is 1.81. The lowest BCUT2D eigenvalue weighted by Gasteiger charge is -2.19. The predicted octanol–water partition coefficient (Wildman–Crippen LogP) is 2.07. The van der Waals surface area contributed by atoms with E-state index in [9.17, 15) is 9.59 Å². The summed E-state index contributed by atoms with van der Waals surface area (Å²) in [5.74, 6) is 0.289. The highest BCUT2D eigenvalue weighted by Gasteiger charge is 2.16. The van der Waals surface area contributed by atoms with Gasteiger partial charge in [0.05, 0.1) is 5.75 Å². The van der Waals surface area contributed by atoms with Gasteiger partial charge >= 0.3 is 6.03 Å². The van der Waals surface area contributed by atoms with Crippen LogP contribution in [0.5, 0.6) is 0 Å². The Morgan fingerprint density at radius 2 is 1.83 bits per heavy atom. The zero-order valence-corrected chi connectivity index (χ0v) is 15.0. The van der Waals surface area contributed by atoms with Crippen molar-refractivity contribution in [1.29, 1.82) is 0 Å². The zero-order chi connectivity index (χ0) is 17.9. The fourth-order valence-corrected chi connectivity index (χ4v) is 2.83. The highest BCUT2D eigenvalue weighted by Crippen LogP contribution is 2.26. The molecule has 3 amide bonds. The maximum Gasteiger partial charge on any atom is 0.318 e. The molecule has 1 aromatic carbocycles. The average molecular weight is 347 g/mol. The number of rotatable bonds is 4. The molecule has 0 atom stereocenters. The van der Waals surface area contributed by atoms with Gasteiger partial charge in [-0.2, -0.15) is 0 Å². The second-order valence-electron chi connectivity index (χ2n) is 6.39. The summed E-state index contributed by atoms with van der Waals surface area (Å²) in [6.45, 7) is 6.49. The number of aromatic nitrogens is 3. The van der Waals surface area contributed by atoms with Crippen LogP contribution in [-0.2, 0) is 17.3 Å². The average Bonchev–Trinajstić information content (AvgIpc) is 2.85. The van der Waals surface area contributed by atoms with E-state index in [1.807, 2.05) is 29.1 Å². The van der Waals surface area contributed by atoms with Crippen molar-refractivity contribution in [1.82, 2.24) is 20.1 Å². The number of amides is 3. The Balaban J connectivity index is 2.12. The van der Waals surface area contributed by atoms with E-state index in [4.69, 9.17) is 5.73 Å². The van der Waals surface area contributed by atoms with Crippen molar-refractivity contribution in [3.63, 3.8) is 0 Å². The Hall–Kier alpha value is -2.35. The van der Waals surface area contributed by atoms with Crippen LogP contribution in [0.1, 0.15) is 26.3 Å². The lowest BCUT2D eigenvalue weighted by atomic mass is 9.87. The number of thioether (sulfide) groups is 1. The van der Waals surface area contributed by atoms with E-state index in [-0.39, 0.29) is 11.2 Å². The number of nitrogens with two attached hydrogens (primary N) is 1. The van der Waals surface area contributed by atoms with Gasteiger partial charge in [-0.1, -0.05) is 56.8 Å². The van der Waals surface area contributed by atoms with Crippen molar-refractivity contribution < 1.29 is 9.59 Å². The van der Waals surface area contributed by atoms with Gasteiger partial charge in [0.1, 0.15) is 0 Å². The first-order valence-corrected chi connectivity index (χ1v) is 8.39. The van der Waals surface area contributed by atoms with Crippen LogP contribution < -0.4 is 11.1 Å². The molecule has 1 aromatic heterocycles. The topological polar surface area (TPSA) is 103 Å². The number of hydrogen-bond donors (Lipinski definition) is 2. The quantitative estimate of drug-likeness (QED) is 0.824. The molecule has 24 heavy (non-hydrogen) atoms. The van der Waals surface area contributed by atoms with E-state index in [2.05, 4.69) is 43.1 Å². The fraction of sp³-hybridized carbons (Fsp3) is 0.375. The number of urea groups is 1. The van der Waals surface area contributed by atoms with Crippen molar-refractivity contribution >= 4 is 23.7 Å². The molecular formula is C16H21N5O2S. The van der Waals surface area contributed by atoms with Crippen LogP contribution in [0.4, 0.5) is 4.79 Å². The fourth-order valence-electron chi connectivity index (χ4n) is 2.11. The maximum absolute atomic E-state index is 11.5. The minimum absolute atomic E-state index is 0.0396. The molecule has 0 saturated carbocycles. The van der Waals surface area contributed by atoms with Crippen molar-refractivity contribution in [2.45, 2.75) is 31.3 Å². The van der Waals surface area contributed by atoms with Gasteiger partial charge in [0, 0.05) is 12.6 Å². The van der Waals surface area contributed by atoms with Crippen LogP contribution in [0.2, 0.25) is 0 Å². The summed E-state index contributed by atoms with van der Waals surface area (Å²) in [6.07, 6.45) is 0. The van der Waals surface area contributed by atoms with Gasteiger partial charge in [0.25, 0.3) is 0 Å². The van der Waals surface area contributed by atoms with Gasteiger partial charge < -0.3 is 10.3 Å². The first kappa shape index (κ1) is 18.0. The summed E-state index contributed by atoms with van der Waals surface area (Å²) >= 11 is 1.19. The number of hydrogen-bond acceptors (Lipinski definition) is 5. The van der Waals surface area contributed by atoms with E-state index in [1.54, 1.807) is 0 Å². The van der Waals surface area contributed by atoms with Gasteiger partial charge in [-0.25, -0.2) is 4.79 Å². The smallest absolute Gasteiger partial charge is 0.318 e. The highest BCUT2D eigenvalue weighted by atomic mass is 32.2. The number of carbonyl (C=O) groups is 2. The second-order valence-corrected chi connectivity index (χ2v) is 7.34. The van der Waals surface area contributed by atoms with Crippen LogP contribution >= 0.6 is 11.8 Å². The van der Waals surface area contributed by atoms with E-state index >= 15 is 0 Å². The monoisotopic (exact) mass is 347 g/mol. The molecule has 0 radical (unpaired) electrons. The van der Waals surface area contributed by atoms with Crippen LogP contribution in [0, 0.1) is 0 Å². The molecule has 128 valence electrons. The first-order valence-electron chi connectivity index (χ1n) is 7.41. The summed E-state index contributed by atoms with van der Waals surface area (Å²) in [5, 5.41) is 10.9. The Labute approximate surface area is 145 Å². The number of nitrogens with one attached hydrogen (secondary N) is 1. The molecule has 2 rings (SSSR count). The molecule has 7 nitrogen and oxygen atoms in total. The van der Waals surface area contributed by atoms with Crippen LogP contribution in [0.25, 0.3) is 11.4 Å². The molecule has 0 spiro atoms. The van der Waals surface area contributed by atoms with E-state index in [0.717, 1.165) is 5.56 Å². The molecule has 0 aliphatic carbocycles.